The Morgan fingerprint density at radius 1 is 1.24 bits per heavy atom. The molecule has 0 aliphatic rings. The number of nitrogens with zero attached hydrogens (tertiary/aromatic N) is 2. The largest absolute Gasteiger partial charge is 0.497 e. The fourth-order valence-corrected chi connectivity index (χ4v) is 2.78. The van der Waals surface area contributed by atoms with Crippen LogP contribution in [0.25, 0.3) is 0 Å². The number of aryl methyl sites for hydroxylation is 1. The van der Waals surface area contributed by atoms with Crippen LogP contribution in [0.3, 0.4) is 0 Å². The zero-order valence-corrected chi connectivity index (χ0v) is 15.8. The van der Waals surface area contributed by atoms with Crippen LogP contribution in [-0.4, -0.2) is 29.9 Å². The zero-order chi connectivity index (χ0) is 18.6. The molecular weight excluding hydrogens is 318 g/mol. The van der Waals surface area contributed by atoms with Gasteiger partial charge in [0.1, 0.15) is 11.5 Å². The van der Waals surface area contributed by atoms with E-state index in [1.54, 1.807) is 32.4 Å². The molecule has 25 heavy (non-hydrogen) atoms. The van der Waals surface area contributed by atoms with Crippen molar-refractivity contribution in [3.63, 3.8) is 0 Å². The lowest BCUT2D eigenvalue weighted by Gasteiger charge is -2.12. The average Bonchev–Trinajstić information content (AvgIpc) is 2.81. The number of aromatic nitrogens is 2. The number of benzene rings is 1. The molecule has 0 saturated heterocycles. The van der Waals surface area contributed by atoms with Crippen molar-refractivity contribution < 1.29 is 14.3 Å². The highest BCUT2D eigenvalue weighted by molar-refractivity contribution is 5.94. The number of carbonyl (C=O) groups is 1. The molecule has 0 radical (unpaired) electrons. The molecule has 6 nitrogen and oxygen atoms in total. The molecule has 0 aliphatic carbocycles. The van der Waals surface area contributed by atoms with Crippen molar-refractivity contribution in [3.05, 3.63) is 35.2 Å². The van der Waals surface area contributed by atoms with E-state index in [1.807, 2.05) is 18.5 Å². The van der Waals surface area contributed by atoms with Gasteiger partial charge in [-0.2, -0.15) is 5.10 Å². The summed E-state index contributed by atoms with van der Waals surface area (Å²) in [6, 6.07) is 5.31. The molecule has 2 rings (SSSR count). The molecule has 0 atom stereocenters. The van der Waals surface area contributed by atoms with E-state index >= 15 is 0 Å². The summed E-state index contributed by atoms with van der Waals surface area (Å²) in [6.45, 7) is 9.10. The molecule has 2 aromatic rings. The lowest BCUT2D eigenvalue weighted by atomic mass is 10.1. The second-order valence-corrected chi connectivity index (χ2v) is 6.52. The first-order chi connectivity index (χ1) is 11.8. The molecule has 1 aromatic carbocycles. The third kappa shape index (κ3) is 4.53. The highest BCUT2D eigenvalue weighted by Crippen LogP contribution is 2.29. The quantitative estimate of drug-likeness (QED) is 0.836. The Labute approximate surface area is 149 Å². The normalized spacial score (nSPS) is 10.8. The number of carbonyl (C=O) groups excluding carboxylic acids is 1. The lowest BCUT2D eigenvalue weighted by molar-refractivity contribution is -0.115. The first-order valence-corrected chi connectivity index (χ1v) is 8.40. The number of rotatable bonds is 7. The maximum absolute atomic E-state index is 12.5. The molecule has 6 heteroatoms. The molecule has 0 bridgehead atoms. The smallest absolute Gasteiger partial charge is 0.229 e. The second kappa shape index (κ2) is 8.05. The van der Waals surface area contributed by atoms with Crippen molar-refractivity contribution in [1.29, 1.82) is 0 Å². The third-order valence-electron chi connectivity index (χ3n) is 4.09. The van der Waals surface area contributed by atoms with Crippen LogP contribution in [0.4, 0.5) is 5.69 Å². The average molecular weight is 345 g/mol. The summed E-state index contributed by atoms with van der Waals surface area (Å²) < 4.78 is 12.5. The van der Waals surface area contributed by atoms with E-state index in [9.17, 15) is 4.79 Å². The van der Waals surface area contributed by atoms with Crippen molar-refractivity contribution in [2.75, 3.05) is 19.5 Å². The van der Waals surface area contributed by atoms with E-state index in [0.717, 1.165) is 23.5 Å². The van der Waals surface area contributed by atoms with Gasteiger partial charge in [0.25, 0.3) is 0 Å². The van der Waals surface area contributed by atoms with Crippen LogP contribution in [0.2, 0.25) is 0 Å². The molecule has 1 N–H and O–H groups in total. The number of nitrogens with one attached hydrogen (secondary N) is 1. The first kappa shape index (κ1) is 18.8. The Hall–Kier alpha value is -2.50. The number of methoxy groups -OCH3 is 2. The van der Waals surface area contributed by atoms with Gasteiger partial charge in [0.05, 0.1) is 32.0 Å². The maximum Gasteiger partial charge on any atom is 0.229 e. The molecule has 1 amide bonds. The van der Waals surface area contributed by atoms with Crippen molar-refractivity contribution >= 4 is 11.6 Å². The summed E-state index contributed by atoms with van der Waals surface area (Å²) in [5, 5.41) is 7.47. The monoisotopic (exact) mass is 345 g/mol. The third-order valence-corrected chi connectivity index (χ3v) is 4.09. The summed E-state index contributed by atoms with van der Waals surface area (Å²) in [5.41, 5.74) is 3.50. The van der Waals surface area contributed by atoms with E-state index in [-0.39, 0.29) is 12.3 Å². The van der Waals surface area contributed by atoms with E-state index in [2.05, 4.69) is 24.3 Å². The van der Waals surface area contributed by atoms with E-state index < -0.39 is 0 Å². The molecule has 0 unspecified atom stereocenters. The van der Waals surface area contributed by atoms with Crippen molar-refractivity contribution in [3.8, 4) is 11.5 Å². The first-order valence-electron chi connectivity index (χ1n) is 8.40. The minimum atomic E-state index is -0.109. The predicted octanol–water partition coefficient (Wildman–Crippen LogP) is 3.35. The molecule has 0 aliphatic heterocycles. The fraction of sp³-hybridized carbons (Fsp3) is 0.474. The van der Waals surface area contributed by atoms with Crippen molar-refractivity contribution in [1.82, 2.24) is 9.78 Å². The Kier molecular flexibility index (Phi) is 6.07. The van der Waals surface area contributed by atoms with Crippen LogP contribution in [0, 0.1) is 19.8 Å². The number of hydrogen-bond donors (Lipinski definition) is 1. The van der Waals surface area contributed by atoms with E-state index in [4.69, 9.17) is 9.47 Å². The van der Waals surface area contributed by atoms with Crippen LogP contribution in [0.15, 0.2) is 18.2 Å². The summed E-state index contributed by atoms with van der Waals surface area (Å²) >= 11 is 0. The van der Waals surface area contributed by atoms with Gasteiger partial charge in [-0.05, 0) is 31.9 Å². The summed E-state index contributed by atoms with van der Waals surface area (Å²) in [6.07, 6.45) is 0.274. The minimum Gasteiger partial charge on any atom is -0.497 e. The molecule has 0 saturated carbocycles. The van der Waals surface area contributed by atoms with Gasteiger partial charge in [-0.3, -0.25) is 9.48 Å². The Balaban J connectivity index is 2.17. The highest BCUT2D eigenvalue weighted by Gasteiger charge is 2.17. The maximum atomic E-state index is 12.5. The van der Waals surface area contributed by atoms with Gasteiger partial charge in [0, 0.05) is 23.9 Å². The van der Waals surface area contributed by atoms with Gasteiger partial charge >= 0.3 is 0 Å². The van der Waals surface area contributed by atoms with Gasteiger partial charge in [0.2, 0.25) is 5.91 Å². The standard InChI is InChI=1S/C19H27N3O3/c1-12(2)11-22-14(4)16(13(3)21-22)10-19(23)20-17-9-15(24-5)7-8-18(17)25-6/h7-9,12H,10-11H2,1-6H3,(H,20,23). The van der Waals surface area contributed by atoms with Crippen LogP contribution >= 0.6 is 0 Å². The van der Waals surface area contributed by atoms with Gasteiger partial charge < -0.3 is 14.8 Å². The van der Waals surface area contributed by atoms with Crippen LogP contribution in [-0.2, 0) is 17.8 Å². The predicted molar refractivity (Wildman–Crippen MR) is 98.4 cm³/mol. The van der Waals surface area contributed by atoms with Crippen molar-refractivity contribution in [2.24, 2.45) is 5.92 Å². The molecular formula is C19H27N3O3. The van der Waals surface area contributed by atoms with Crippen LogP contribution < -0.4 is 14.8 Å². The van der Waals surface area contributed by atoms with Gasteiger partial charge in [-0.25, -0.2) is 0 Å². The number of anilines is 1. The summed E-state index contributed by atoms with van der Waals surface area (Å²) in [5.74, 6) is 1.65. The van der Waals surface area contributed by atoms with Gasteiger partial charge in [0.15, 0.2) is 0 Å². The van der Waals surface area contributed by atoms with E-state index in [1.165, 1.54) is 0 Å². The van der Waals surface area contributed by atoms with Gasteiger partial charge in [-0.15, -0.1) is 0 Å². The fourth-order valence-electron chi connectivity index (χ4n) is 2.78. The number of hydrogen-bond acceptors (Lipinski definition) is 4. The topological polar surface area (TPSA) is 65.4 Å². The Morgan fingerprint density at radius 3 is 2.56 bits per heavy atom. The minimum absolute atomic E-state index is 0.109. The second-order valence-electron chi connectivity index (χ2n) is 6.52. The highest BCUT2D eigenvalue weighted by atomic mass is 16.5. The Bertz CT molecular complexity index is 751. The zero-order valence-electron chi connectivity index (χ0n) is 15.8. The number of ether oxygens (including phenoxy) is 2. The van der Waals surface area contributed by atoms with Crippen LogP contribution in [0.5, 0.6) is 11.5 Å². The van der Waals surface area contributed by atoms with E-state index in [0.29, 0.717) is 23.1 Å². The number of amides is 1. The Morgan fingerprint density at radius 2 is 1.96 bits per heavy atom. The summed E-state index contributed by atoms with van der Waals surface area (Å²) in [4.78, 5) is 12.5. The molecule has 1 heterocycles. The molecule has 136 valence electrons. The van der Waals surface area contributed by atoms with Crippen LogP contribution in [0.1, 0.15) is 30.8 Å². The lowest BCUT2D eigenvalue weighted by Crippen LogP contribution is -2.16. The molecule has 0 fully saturated rings. The van der Waals surface area contributed by atoms with Crippen molar-refractivity contribution in [2.45, 2.75) is 40.7 Å². The molecule has 1 aromatic heterocycles. The SMILES string of the molecule is COc1ccc(OC)c(NC(=O)Cc2c(C)nn(CC(C)C)c2C)c1. The summed E-state index contributed by atoms with van der Waals surface area (Å²) in [7, 11) is 3.16. The van der Waals surface area contributed by atoms with Gasteiger partial charge in [-0.1, -0.05) is 13.8 Å². The molecule has 0 spiro atoms.